The standard InChI is InChI=1S/C16H26ClN/c1-4-12-18-16(7-5-6-13(2)3)14-8-10-15(17)11-9-14/h8-11,13,16,18H,4-7,12H2,1-3H3. The minimum absolute atomic E-state index is 0.473. The Hall–Kier alpha value is -0.530. The van der Waals surface area contributed by atoms with Crippen LogP contribution in [-0.4, -0.2) is 6.54 Å². The first kappa shape index (κ1) is 15.5. The van der Waals surface area contributed by atoms with Crippen LogP contribution in [0.25, 0.3) is 0 Å². The summed E-state index contributed by atoms with van der Waals surface area (Å²) >= 11 is 5.95. The van der Waals surface area contributed by atoms with Gasteiger partial charge < -0.3 is 5.32 Å². The van der Waals surface area contributed by atoms with Gasteiger partial charge in [-0.05, 0) is 43.0 Å². The molecule has 1 N–H and O–H groups in total. The Kier molecular flexibility index (Phi) is 7.38. The highest BCUT2D eigenvalue weighted by atomic mass is 35.5. The van der Waals surface area contributed by atoms with Crippen molar-refractivity contribution >= 4 is 11.6 Å². The highest BCUT2D eigenvalue weighted by Crippen LogP contribution is 2.22. The molecule has 1 aromatic carbocycles. The van der Waals surface area contributed by atoms with E-state index in [4.69, 9.17) is 11.6 Å². The lowest BCUT2D eigenvalue weighted by Gasteiger charge is -2.19. The lowest BCUT2D eigenvalue weighted by Crippen LogP contribution is -2.22. The molecule has 1 rings (SSSR count). The summed E-state index contributed by atoms with van der Waals surface area (Å²) in [6.07, 6.45) is 4.97. The molecule has 0 fully saturated rings. The largest absolute Gasteiger partial charge is 0.310 e. The molecule has 0 spiro atoms. The fourth-order valence-corrected chi connectivity index (χ4v) is 2.26. The minimum Gasteiger partial charge on any atom is -0.310 e. The van der Waals surface area contributed by atoms with Crippen molar-refractivity contribution in [3.63, 3.8) is 0 Å². The van der Waals surface area contributed by atoms with Gasteiger partial charge >= 0.3 is 0 Å². The van der Waals surface area contributed by atoms with Crippen LogP contribution in [0.3, 0.4) is 0 Å². The molecule has 1 unspecified atom stereocenters. The second-order valence-electron chi connectivity index (χ2n) is 5.38. The quantitative estimate of drug-likeness (QED) is 0.682. The van der Waals surface area contributed by atoms with E-state index in [1.807, 2.05) is 12.1 Å². The van der Waals surface area contributed by atoms with Gasteiger partial charge in [-0.15, -0.1) is 0 Å². The molecule has 18 heavy (non-hydrogen) atoms. The van der Waals surface area contributed by atoms with Gasteiger partial charge in [0, 0.05) is 11.1 Å². The third kappa shape index (κ3) is 5.88. The Labute approximate surface area is 117 Å². The monoisotopic (exact) mass is 267 g/mol. The van der Waals surface area contributed by atoms with E-state index < -0.39 is 0 Å². The van der Waals surface area contributed by atoms with Crippen LogP contribution in [0, 0.1) is 5.92 Å². The van der Waals surface area contributed by atoms with E-state index in [1.54, 1.807) is 0 Å². The van der Waals surface area contributed by atoms with E-state index >= 15 is 0 Å². The second kappa shape index (κ2) is 8.55. The van der Waals surface area contributed by atoms with E-state index in [0.29, 0.717) is 6.04 Å². The molecule has 1 aromatic rings. The lowest BCUT2D eigenvalue weighted by atomic mass is 9.98. The molecule has 1 nitrogen and oxygen atoms in total. The van der Waals surface area contributed by atoms with Crippen molar-refractivity contribution in [3.8, 4) is 0 Å². The van der Waals surface area contributed by atoms with Crippen molar-refractivity contribution in [2.75, 3.05) is 6.54 Å². The summed E-state index contributed by atoms with van der Waals surface area (Å²) in [4.78, 5) is 0. The number of hydrogen-bond acceptors (Lipinski definition) is 1. The number of hydrogen-bond donors (Lipinski definition) is 1. The van der Waals surface area contributed by atoms with Crippen molar-refractivity contribution in [2.45, 2.75) is 52.5 Å². The lowest BCUT2D eigenvalue weighted by molar-refractivity contribution is 0.447. The first-order valence-corrected chi connectivity index (χ1v) is 7.50. The average Bonchev–Trinajstić information content (AvgIpc) is 2.34. The summed E-state index contributed by atoms with van der Waals surface area (Å²) in [6, 6.07) is 8.73. The Morgan fingerprint density at radius 3 is 2.33 bits per heavy atom. The Balaban J connectivity index is 2.56. The first-order valence-electron chi connectivity index (χ1n) is 7.12. The van der Waals surface area contributed by atoms with Gasteiger partial charge in [0.1, 0.15) is 0 Å². The number of rotatable bonds is 8. The average molecular weight is 268 g/mol. The van der Waals surface area contributed by atoms with Crippen LogP contribution in [-0.2, 0) is 0 Å². The molecule has 0 heterocycles. The van der Waals surface area contributed by atoms with Gasteiger partial charge in [-0.1, -0.05) is 57.3 Å². The topological polar surface area (TPSA) is 12.0 Å². The molecule has 0 aliphatic heterocycles. The highest BCUT2D eigenvalue weighted by molar-refractivity contribution is 6.30. The van der Waals surface area contributed by atoms with E-state index in [-0.39, 0.29) is 0 Å². The molecule has 0 aliphatic rings. The fourth-order valence-electron chi connectivity index (χ4n) is 2.13. The molecular weight excluding hydrogens is 242 g/mol. The highest BCUT2D eigenvalue weighted by Gasteiger charge is 2.10. The number of halogens is 1. The van der Waals surface area contributed by atoms with Crippen molar-refractivity contribution in [1.29, 1.82) is 0 Å². The molecule has 102 valence electrons. The van der Waals surface area contributed by atoms with E-state index in [2.05, 4.69) is 38.2 Å². The molecule has 0 saturated carbocycles. The summed E-state index contributed by atoms with van der Waals surface area (Å²) in [5.41, 5.74) is 1.36. The Bertz CT molecular complexity index is 318. The fraction of sp³-hybridized carbons (Fsp3) is 0.625. The molecule has 0 amide bonds. The SMILES string of the molecule is CCCNC(CCCC(C)C)c1ccc(Cl)cc1. The van der Waals surface area contributed by atoms with E-state index in [9.17, 15) is 0 Å². The minimum atomic E-state index is 0.473. The van der Waals surface area contributed by atoms with E-state index in [0.717, 1.165) is 17.5 Å². The van der Waals surface area contributed by atoms with Crippen molar-refractivity contribution in [2.24, 2.45) is 5.92 Å². The maximum absolute atomic E-state index is 5.95. The van der Waals surface area contributed by atoms with Gasteiger partial charge in [0.05, 0.1) is 0 Å². The third-order valence-corrected chi connectivity index (χ3v) is 3.44. The molecular formula is C16H26ClN. The Morgan fingerprint density at radius 1 is 1.11 bits per heavy atom. The molecule has 0 bridgehead atoms. The molecule has 0 radical (unpaired) electrons. The summed E-state index contributed by atoms with van der Waals surface area (Å²) in [7, 11) is 0. The van der Waals surface area contributed by atoms with Gasteiger partial charge in [-0.2, -0.15) is 0 Å². The summed E-state index contributed by atoms with van der Waals surface area (Å²) in [5.74, 6) is 0.794. The molecule has 1 atom stereocenters. The van der Waals surface area contributed by atoms with Crippen molar-refractivity contribution in [3.05, 3.63) is 34.9 Å². The zero-order chi connectivity index (χ0) is 13.4. The normalized spacial score (nSPS) is 12.9. The van der Waals surface area contributed by atoms with Crippen LogP contribution in [0.1, 0.15) is 58.1 Å². The van der Waals surface area contributed by atoms with Crippen LogP contribution >= 0.6 is 11.6 Å². The van der Waals surface area contributed by atoms with E-state index in [1.165, 1.54) is 31.2 Å². The van der Waals surface area contributed by atoms with Crippen LogP contribution in [0.15, 0.2) is 24.3 Å². The number of benzene rings is 1. The number of nitrogens with one attached hydrogen (secondary N) is 1. The van der Waals surface area contributed by atoms with Crippen LogP contribution in [0.5, 0.6) is 0 Å². The van der Waals surface area contributed by atoms with Crippen LogP contribution in [0.2, 0.25) is 5.02 Å². The van der Waals surface area contributed by atoms with Gasteiger partial charge in [-0.3, -0.25) is 0 Å². The second-order valence-corrected chi connectivity index (χ2v) is 5.82. The maximum Gasteiger partial charge on any atom is 0.0406 e. The summed E-state index contributed by atoms with van der Waals surface area (Å²) in [5, 5.41) is 4.45. The van der Waals surface area contributed by atoms with Gasteiger partial charge in [0.2, 0.25) is 0 Å². The zero-order valence-electron chi connectivity index (χ0n) is 11.9. The van der Waals surface area contributed by atoms with Crippen molar-refractivity contribution < 1.29 is 0 Å². The third-order valence-electron chi connectivity index (χ3n) is 3.19. The zero-order valence-corrected chi connectivity index (χ0v) is 12.6. The smallest absolute Gasteiger partial charge is 0.0406 e. The van der Waals surface area contributed by atoms with Crippen LogP contribution < -0.4 is 5.32 Å². The molecule has 0 aliphatic carbocycles. The maximum atomic E-state index is 5.95. The first-order chi connectivity index (χ1) is 8.63. The molecule has 0 saturated heterocycles. The van der Waals surface area contributed by atoms with Crippen molar-refractivity contribution in [1.82, 2.24) is 5.32 Å². The predicted molar refractivity (Wildman–Crippen MR) is 81.2 cm³/mol. The summed E-state index contributed by atoms with van der Waals surface area (Å²) in [6.45, 7) is 7.86. The van der Waals surface area contributed by atoms with Crippen LogP contribution in [0.4, 0.5) is 0 Å². The van der Waals surface area contributed by atoms with Gasteiger partial charge in [0.15, 0.2) is 0 Å². The summed E-state index contributed by atoms with van der Waals surface area (Å²) < 4.78 is 0. The van der Waals surface area contributed by atoms with Gasteiger partial charge in [0.25, 0.3) is 0 Å². The molecule has 2 heteroatoms. The van der Waals surface area contributed by atoms with Gasteiger partial charge in [-0.25, -0.2) is 0 Å². The predicted octanol–water partition coefficient (Wildman–Crippen LogP) is 5.21. The Morgan fingerprint density at radius 2 is 1.78 bits per heavy atom. The molecule has 0 aromatic heterocycles.